The molecule has 6 nitrogen and oxygen atoms in total. The number of fused-ring (bicyclic) bond motifs is 1. The van der Waals surface area contributed by atoms with E-state index in [-0.39, 0.29) is 11.4 Å². The summed E-state index contributed by atoms with van der Waals surface area (Å²) in [4.78, 5) is 13.7. The average molecular weight is 185 g/mol. The predicted molar refractivity (Wildman–Crippen MR) is 39.7 cm³/mol. The van der Waals surface area contributed by atoms with E-state index < -0.39 is 10.7 Å². The molecule has 0 spiro atoms. The van der Waals surface area contributed by atoms with E-state index in [1.807, 2.05) is 0 Å². The van der Waals surface area contributed by atoms with Gasteiger partial charge in [-0.25, -0.2) is 0 Å². The van der Waals surface area contributed by atoms with Crippen LogP contribution in [0.2, 0.25) is 0 Å². The van der Waals surface area contributed by atoms with Crippen molar-refractivity contribution in [3.63, 3.8) is 0 Å². The molecule has 1 N–H and O–H groups in total. The number of oxime groups is 1. The quantitative estimate of drug-likeness (QED) is 0.361. The van der Waals surface area contributed by atoms with Gasteiger partial charge in [0.2, 0.25) is 5.71 Å². The zero-order valence-electron chi connectivity index (χ0n) is 6.23. The molecule has 0 aromatic carbocycles. The van der Waals surface area contributed by atoms with Crippen LogP contribution < -0.4 is 5.48 Å². The van der Waals surface area contributed by atoms with Crippen molar-refractivity contribution in [1.29, 1.82) is 0 Å². The largest absolute Gasteiger partial charge is 0.426 e. The fourth-order valence-corrected chi connectivity index (χ4v) is 1.08. The number of nitrogens with one attached hydrogen (secondary N) is 1. The van der Waals surface area contributed by atoms with E-state index in [9.17, 15) is 14.5 Å². The third-order valence-electron chi connectivity index (χ3n) is 1.73. The van der Waals surface area contributed by atoms with Crippen LogP contribution >= 0.6 is 0 Å². The van der Waals surface area contributed by atoms with Gasteiger partial charge >= 0.3 is 5.79 Å². The Morgan fingerprint density at radius 2 is 2.54 bits per heavy atom. The molecule has 0 fully saturated rings. The highest BCUT2D eigenvalue weighted by Gasteiger charge is 2.52. The number of nitrogens with zero attached hydrogens (tertiary/aromatic N) is 2. The molecule has 68 valence electrons. The van der Waals surface area contributed by atoms with Crippen molar-refractivity contribution >= 4 is 5.71 Å². The lowest BCUT2D eigenvalue weighted by atomic mass is 10.0. The van der Waals surface area contributed by atoms with Gasteiger partial charge in [0.15, 0.2) is 0 Å². The predicted octanol–water partition coefficient (Wildman–Crippen LogP) is 0.273. The second kappa shape index (κ2) is 2.28. The summed E-state index contributed by atoms with van der Waals surface area (Å²) in [5.74, 6) is -2.78. The number of allylic oxidation sites excluding steroid dienone is 2. The Hall–Kier alpha value is -1.92. The van der Waals surface area contributed by atoms with E-state index in [0.29, 0.717) is 0 Å². The van der Waals surface area contributed by atoms with Gasteiger partial charge < -0.3 is 0 Å². The van der Waals surface area contributed by atoms with Crippen LogP contribution in [0.5, 0.6) is 0 Å². The Morgan fingerprint density at radius 1 is 1.77 bits per heavy atom. The summed E-state index contributed by atoms with van der Waals surface area (Å²) >= 11 is 0. The first-order chi connectivity index (χ1) is 6.14. The number of alkyl halides is 1. The Bertz CT molecular complexity index is 362. The minimum Gasteiger partial charge on any atom is -0.270 e. The van der Waals surface area contributed by atoms with Gasteiger partial charge in [0.25, 0.3) is 0 Å². The minimum absolute atomic E-state index is 0.168. The average Bonchev–Trinajstić information content (AvgIpc) is 2.53. The first-order valence-electron chi connectivity index (χ1n) is 3.38. The molecule has 0 saturated heterocycles. The first kappa shape index (κ1) is 7.71. The van der Waals surface area contributed by atoms with Gasteiger partial charge in [-0.3, -0.25) is 15.1 Å². The first-order valence-corrected chi connectivity index (χ1v) is 3.38. The van der Waals surface area contributed by atoms with Crippen molar-refractivity contribution in [3.8, 4) is 0 Å². The van der Waals surface area contributed by atoms with Crippen LogP contribution in [0.25, 0.3) is 0 Å². The lowest BCUT2D eigenvalue weighted by Crippen LogP contribution is -2.42. The SMILES string of the molecule is O=[N+]([O-])C1(F)C=CC=C2NON=C21. The highest BCUT2D eigenvalue weighted by molar-refractivity contribution is 6.07. The normalized spacial score (nSPS) is 29.6. The highest BCUT2D eigenvalue weighted by Crippen LogP contribution is 2.26. The maximum absolute atomic E-state index is 13.6. The van der Waals surface area contributed by atoms with Gasteiger partial charge in [0.1, 0.15) is 5.70 Å². The fourth-order valence-electron chi connectivity index (χ4n) is 1.08. The summed E-state index contributed by atoms with van der Waals surface area (Å²) in [6, 6.07) is 0. The summed E-state index contributed by atoms with van der Waals surface area (Å²) in [6.45, 7) is 0. The van der Waals surface area contributed by atoms with Crippen LogP contribution in [-0.4, -0.2) is 16.4 Å². The molecule has 0 bridgehead atoms. The molecule has 1 heterocycles. The van der Waals surface area contributed by atoms with E-state index >= 15 is 0 Å². The van der Waals surface area contributed by atoms with Gasteiger partial charge in [-0.2, -0.15) is 9.87 Å². The Balaban J connectivity index is 2.49. The smallest absolute Gasteiger partial charge is 0.270 e. The topological polar surface area (TPSA) is 76.8 Å². The zero-order valence-corrected chi connectivity index (χ0v) is 6.23. The Kier molecular flexibility index (Phi) is 1.35. The molecule has 1 aliphatic heterocycles. The standard InChI is InChI=1S/C6H4FN3O3/c7-6(10(11)12)3-1-2-4-5(6)9-13-8-4/h1-3,8H. The summed E-state index contributed by atoms with van der Waals surface area (Å²) in [5, 5.41) is 13.6. The fraction of sp³-hybridized carbons (Fsp3) is 0.167. The van der Waals surface area contributed by atoms with Crippen LogP contribution in [0.1, 0.15) is 0 Å². The van der Waals surface area contributed by atoms with E-state index in [0.717, 1.165) is 6.08 Å². The van der Waals surface area contributed by atoms with Gasteiger partial charge in [-0.05, 0) is 11.2 Å². The molecule has 2 aliphatic rings. The van der Waals surface area contributed by atoms with Crippen molar-refractivity contribution in [1.82, 2.24) is 5.48 Å². The molecular formula is C6H4FN3O3. The number of nitro groups is 1. The molecule has 0 amide bonds. The van der Waals surface area contributed by atoms with Crippen LogP contribution in [-0.2, 0) is 4.94 Å². The Morgan fingerprint density at radius 3 is 3.23 bits per heavy atom. The molecule has 7 heteroatoms. The molecule has 2 rings (SSSR count). The molecule has 0 saturated carbocycles. The maximum Gasteiger partial charge on any atom is 0.426 e. The summed E-state index contributed by atoms with van der Waals surface area (Å²) < 4.78 is 13.6. The van der Waals surface area contributed by atoms with Gasteiger partial charge in [-0.1, -0.05) is 6.08 Å². The van der Waals surface area contributed by atoms with E-state index in [4.69, 9.17) is 0 Å². The van der Waals surface area contributed by atoms with Gasteiger partial charge in [0.05, 0.1) is 4.92 Å². The van der Waals surface area contributed by atoms with Crippen molar-refractivity contribution in [3.05, 3.63) is 34.0 Å². The molecule has 1 atom stereocenters. The van der Waals surface area contributed by atoms with E-state index in [1.165, 1.54) is 12.2 Å². The molecule has 1 unspecified atom stereocenters. The highest BCUT2D eigenvalue weighted by atomic mass is 19.1. The van der Waals surface area contributed by atoms with Crippen molar-refractivity contribution in [2.24, 2.45) is 5.16 Å². The molecule has 13 heavy (non-hydrogen) atoms. The molecule has 1 aliphatic carbocycles. The molecule has 0 aromatic rings. The second-order valence-electron chi connectivity index (χ2n) is 2.50. The minimum atomic E-state index is -2.78. The monoisotopic (exact) mass is 185 g/mol. The molecule has 0 radical (unpaired) electrons. The number of hydroxylamine groups is 1. The number of hydrogen-bond acceptors (Lipinski definition) is 5. The number of rotatable bonds is 1. The molecule has 0 aromatic heterocycles. The zero-order chi connectivity index (χ0) is 9.47. The Labute approximate surface area is 71.5 Å². The maximum atomic E-state index is 13.6. The van der Waals surface area contributed by atoms with E-state index in [1.54, 1.807) is 0 Å². The summed E-state index contributed by atoms with van der Waals surface area (Å²) in [5.41, 5.74) is 2.04. The van der Waals surface area contributed by atoms with Crippen molar-refractivity contribution in [2.75, 3.05) is 0 Å². The van der Waals surface area contributed by atoms with Crippen LogP contribution in [0.15, 0.2) is 29.1 Å². The lowest BCUT2D eigenvalue weighted by Gasteiger charge is -2.13. The number of hydrogen-bond donors (Lipinski definition) is 1. The summed E-state index contributed by atoms with van der Waals surface area (Å²) in [7, 11) is 0. The van der Waals surface area contributed by atoms with Crippen LogP contribution in [0, 0.1) is 10.1 Å². The number of halogens is 1. The van der Waals surface area contributed by atoms with Crippen LogP contribution in [0.3, 0.4) is 0 Å². The van der Waals surface area contributed by atoms with Gasteiger partial charge in [-0.15, -0.1) is 0 Å². The summed E-state index contributed by atoms with van der Waals surface area (Å²) in [6.07, 6.45) is 3.48. The lowest BCUT2D eigenvalue weighted by molar-refractivity contribution is -0.565. The van der Waals surface area contributed by atoms with Crippen molar-refractivity contribution in [2.45, 2.75) is 5.79 Å². The van der Waals surface area contributed by atoms with E-state index in [2.05, 4.69) is 15.6 Å². The third kappa shape index (κ3) is 0.897. The second-order valence-corrected chi connectivity index (χ2v) is 2.50. The van der Waals surface area contributed by atoms with Gasteiger partial charge in [0, 0.05) is 6.08 Å². The van der Waals surface area contributed by atoms with Crippen molar-refractivity contribution < 1.29 is 14.3 Å². The van der Waals surface area contributed by atoms with Crippen LogP contribution in [0.4, 0.5) is 4.39 Å². The third-order valence-corrected chi connectivity index (χ3v) is 1.73. The molecular weight excluding hydrogens is 181 g/mol.